The van der Waals surface area contributed by atoms with E-state index in [1.165, 1.54) is 0 Å². The van der Waals surface area contributed by atoms with Crippen LogP contribution < -0.4 is 0 Å². The lowest BCUT2D eigenvalue weighted by molar-refractivity contribution is -0.156. The van der Waals surface area contributed by atoms with Gasteiger partial charge in [-0.25, -0.2) is 4.79 Å². The van der Waals surface area contributed by atoms with E-state index in [9.17, 15) is 4.79 Å². The molecule has 1 aliphatic heterocycles. The summed E-state index contributed by atoms with van der Waals surface area (Å²) in [6, 6.07) is 9.75. The zero-order chi connectivity index (χ0) is 12.7. The molecular weight excluding hydrogens is 216 g/mol. The predicted octanol–water partition coefficient (Wildman–Crippen LogP) is 2.64. The van der Waals surface area contributed by atoms with Crippen molar-refractivity contribution in [2.75, 3.05) is 0 Å². The third kappa shape index (κ3) is 2.50. The maximum atomic E-state index is 11.9. The molecule has 1 saturated heterocycles. The molecule has 92 valence electrons. The lowest BCUT2D eigenvalue weighted by Crippen LogP contribution is -2.28. The average molecular weight is 234 g/mol. The topological polar surface area (TPSA) is 38.8 Å². The van der Waals surface area contributed by atoms with Crippen molar-refractivity contribution in [2.24, 2.45) is 0 Å². The number of esters is 1. The van der Waals surface area contributed by atoms with E-state index in [-0.39, 0.29) is 5.97 Å². The van der Waals surface area contributed by atoms with E-state index in [1.54, 1.807) is 0 Å². The van der Waals surface area contributed by atoms with Crippen molar-refractivity contribution < 1.29 is 14.3 Å². The standard InChI is InChI=1S/C14H18O3/c1-13(2,3)17-12(15)11-14(4,16-11)10-8-6-5-7-9-10/h5-9,11H,1-4H3/t11-,14+/m1/s1. The Labute approximate surface area is 102 Å². The van der Waals surface area contributed by atoms with E-state index in [2.05, 4.69) is 0 Å². The average Bonchev–Trinajstić information content (AvgIpc) is 2.92. The number of hydrogen-bond acceptors (Lipinski definition) is 3. The van der Waals surface area contributed by atoms with Crippen LogP contribution >= 0.6 is 0 Å². The highest BCUT2D eigenvalue weighted by Gasteiger charge is 2.59. The summed E-state index contributed by atoms with van der Waals surface area (Å²) in [6.45, 7) is 7.48. The molecule has 0 radical (unpaired) electrons. The number of carbonyl (C=O) groups is 1. The van der Waals surface area contributed by atoms with Crippen LogP contribution in [-0.2, 0) is 19.9 Å². The lowest BCUT2D eigenvalue weighted by Gasteiger charge is -2.19. The Bertz CT molecular complexity index is 419. The largest absolute Gasteiger partial charge is 0.458 e. The van der Waals surface area contributed by atoms with Crippen LogP contribution in [0.3, 0.4) is 0 Å². The molecular formula is C14H18O3. The fourth-order valence-electron chi connectivity index (χ4n) is 1.83. The van der Waals surface area contributed by atoms with Crippen molar-refractivity contribution in [3.63, 3.8) is 0 Å². The smallest absolute Gasteiger partial charge is 0.339 e. The van der Waals surface area contributed by atoms with Gasteiger partial charge >= 0.3 is 5.97 Å². The molecule has 3 nitrogen and oxygen atoms in total. The Balaban J connectivity index is 2.07. The van der Waals surface area contributed by atoms with Crippen LogP contribution in [0.1, 0.15) is 33.3 Å². The van der Waals surface area contributed by atoms with Gasteiger partial charge in [0, 0.05) is 0 Å². The minimum Gasteiger partial charge on any atom is -0.458 e. The molecule has 17 heavy (non-hydrogen) atoms. The third-order valence-electron chi connectivity index (χ3n) is 2.77. The highest BCUT2D eigenvalue weighted by atomic mass is 16.7. The van der Waals surface area contributed by atoms with Crippen LogP contribution in [0.2, 0.25) is 0 Å². The molecule has 1 aliphatic rings. The number of ether oxygens (including phenoxy) is 2. The van der Waals surface area contributed by atoms with Crippen molar-refractivity contribution in [2.45, 2.75) is 45.0 Å². The Kier molecular flexibility index (Phi) is 2.74. The van der Waals surface area contributed by atoms with Gasteiger partial charge in [-0.05, 0) is 33.3 Å². The van der Waals surface area contributed by atoms with Crippen LogP contribution in [0, 0.1) is 0 Å². The van der Waals surface area contributed by atoms with Crippen LogP contribution in [0.4, 0.5) is 0 Å². The van der Waals surface area contributed by atoms with Gasteiger partial charge in [-0.3, -0.25) is 0 Å². The molecule has 2 atom stereocenters. The second-order valence-electron chi connectivity index (χ2n) is 5.50. The van der Waals surface area contributed by atoms with E-state index >= 15 is 0 Å². The zero-order valence-corrected chi connectivity index (χ0v) is 10.7. The second kappa shape index (κ2) is 3.84. The van der Waals surface area contributed by atoms with Gasteiger partial charge in [0.25, 0.3) is 0 Å². The third-order valence-corrected chi connectivity index (χ3v) is 2.77. The first-order valence-corrected chi connectivity index (χ1v) is 5.79. The van der Waals surface area contributed by atoms with E-state index in [1.807, 2.05) is 58.0 Å². The van der Waals surface area contributed by atoms with Crippen molar-refractivity contribution in [3.8, 4) is 0 Å². The molecule has 1 heterocycles. The van der Waals surface area contributed by atoms with Gasteiger partial charge in [-0.15, -0.1) is 0 Å². The van der Waals surface area contributed by atoms with E-state index in [4.69, 9.17) is 9.47 Å². The molecule has 1 aromatic carbocycles. The summed E-state index contributed by atoms with van der Waals surface area (Å²) < 4.78 is 10.8. The zero-order valence-electron chi connectivity index (χ0n) is 10.7. The maximum absolute atomic E-state index is 11.9. The SMILES string of the molecule is CC(C)(C)OC(=O)[C@H]1O[C@@]1(C)c1ccccc1. The minimum atomic E-state index is -0.524. The Morgan fingerprint density at radius 2 is 1.88 bits per heavy atom. The Morgan fingerprint density at radius 3 is 2.41 bits per heavy atom. The summed E-state index contributed by atoms with van der Waals surface area (Å²) in [7, 11) is 0. The highest BCUT2D eigenvalue weighted by molar-refractivity contribution is 5.80. The van der Waals surface area contributed by atoms with E-state index in [0.29, 0.717) is 0 Å². The molecule has 0 saturated carbocycles. The number of benzene rings is 1. The normalized spacial score (nSPS) is 27.6. The maximum Gasteiger partial charge on any atom is 0.339 e. The molecule has 0 aromatic heterocycles. The quantitative estimate of drug-likeness (QED) is 0.583. The van der Waals surface area contributed by atoms with E-state index in [0.717, 1.165) is 5.56 Å². The summed E-state index contributed by atoms with van der Waals surface area (Å²) >= 11 is 0. The minimum absolute atomic E-state index is 0.288. The number of carbonyl (C=O) groups excluding carboxylic acids is 1. The van der Waals surface area contributed by atoms with E-state index < -0.39 is 17.3 Å². The van der Waals surface area contributed by atoms with Gasteiger partial charge < -0.3 is 9.47 Å². The lowest BCUT2D eigenvalue weighted by atomic mass is 9.97. The first-order chi connectivity index (χ1) is 7.83. The fourth-order valence-corrected chi connectivity index (χ4v) is 1.83. The molecule has 1 fully saturated rings. The molecule has 0 N–H and O–H groups in total. The fraction of sp³-hybridized carbons (Fsp3) is 0.500. The summed E-state index contributed by atoms with van der Waals surface area (Å²) in [5.41, 5.74) is 0.0142. The Hall–Kier alpha value is -1.35. The first-order valence-electron chi connectivity index (χ1n) is 5.79. The van der Waals surface area contributed by atoms with Crippen LogP contribution in [-0.4, -0.2) is 17.7 Å². The number of hydrogen-bond donors (Lipinski definition) is 0. The summed E-state index contributed by atoms with van der Waals surface area (Å²) in [5, 5.41) is 0. The second-order valence-corrected chi connectivity index (χ2v) is 5.50. The Morgan fingerprint density at radius 1 is 1.29 bits per heavy atom. The van der Waals surface area contributed by atoms with Crippen molar-refractivity contribution >= 4 is 5.97 Å². The molecule has 0 spiro atoms. The summed E-state index contributed by atoms with van der Waals surface area (Å²) in [5.74, 6) is -0.288. The van der Waals surface area contributed by atoms with Crippen molar-refractivity contribution in [1.29, 1.82) is 0 Å². The van der Waals surface area contributed by atoms with Crippen molar-refractivity contribution in [3.05, 3.63) is 35.9 Å². The number of rotatable bonds is 2. The molecule has 0 amide bonds. The van der Waals surface area contributed by atoms with Crippen molar-refractivity contribution in [1.82, 2.24) is 0 Å². The molecule has 2 rings (SSSR count). The van der Waals surface area contributed by atoms with Gasteiger partial charge in [0.05, 0.1) is 0 Å². The number of epoxide rings is 1. The van der Waals surface area contributed by atoms with Gasteiger partial charge in [-0.2, -0.15) is 0 Å². The van der Waals surface area contributed by atoms with Crippen LogP contribution in [0.15, 0.2) is 30.3 Å². The molecule has 0 bridgehead atoms. The van der Waals surface area contributed by atoms with Crippen LogP contribution in [0.25, 0.3) is 0 Å². The molecule has 3 heteroatoms. The molecule has 0 aliphatic carbocycles. The molecule has 0 unspecified atom stereocenters. The van der Waals surface area contributed by atoms with Gasteiger partial charge in [0.15, 0.2) is 6.10 Å². The van der Waals surface area contributed by atoms with Crippen LogP contribution in [0.5, 0.6) is 0 Å². The molecule has 1 aromatic rings. The van der Waals surface area contributed by atoms with Gasteiger partial charge in [-0.1, -0.05) is 30.3 Å². The predicted molar refractivity (Wildman–Crippen MR) is 64.5 cm³/mol. The van der Waals surface area contributed by atoms with Gasteiger partial charge in [0.2, 0.25) is 0 Å². The van der Waals surface area contributed by atoms with Gasteiger partial charge in [0.1, 0.15) is 11.2 Å². The summed E-state index contributed by atoms with van der Waals surface area (Å²) in [4.78, 5) is 11.9. The first kappa shape index (κ1) is 12.1. The summed E-state index contributed by atoms with van der Waals surface area (Å²) in [6.07, 6.45) is -0.482. The monoisotopic (exact) mass is 234 g/mol. The highest BCUT2D eigenvalue weighted by Crippen LogP contribution is 2.46.